The van der Waals surface area contributed by atoms with Gasteiger partial charge >= 0.3 is 0 Å². The lowest BCUT2D eigenvalue weighted by molar-refractivity contribution is -0.132. The number of carbonyl (C=O) groups is 1. The normalized spacial score (nSPS) is 29.5. The first-order valence-electron chi connectivity index (χ1n) is 7.42. The summed E-state index contributed by atoms with van der Waals surface area (Å²) >= 11 is 0. The molecule has 0 unspecified atom stereocenters. The van der Waals surface area contributed by atoms with Gasteiger partial charge in [0.2, 0.25) is 15.9 Å². The van der Waals surface area contributed by atoms with Crippen LogP contribution in [0.1, 0.15) is 19.8 Å². The zero-order valence-corrected chi connectivity index (χ0v) is 13.6. The number of fused-ring (bicyclic) bond motifs is 1. The van der Waals surface area contributed by atoms with Gasteiger partial charge in [-0.1, -0.05) is 0 Å². The molecule has 1 aromatic heterocycles. The lowest BCUT2D eigenvalue weighted by Gasteiger charge is -2.37. The first-order valence-corrected chi connectivity index (χ1v) is 9.27. The molecule has 2 aliphatic rings. The van der Waals surface area contributed by atoms with E-state index in [4.69, 9.17) is 0 Å². The molecule has 2 saturated heterocycles. The molecule has 0 aromatic carbocycles. The number of hydrogen-bond donors (Lipinski definition) is 0. The molecule has 3 atom stereocenters. The van der Waals surface area contributed by atoms with E-state index in [-0.39, 0.29) is 23.9 Å². The van der Waals surface area contributed by atoms with E-state index in [1.807, 2.05) is 4.90 Å². The van der Waals surface area contributed by atoms with E-state index in [1.165, 1.54) is 16.9 Å². The maximum Gasteiger partial charge on any atom is 0.220 e. The lowest BCUT2D eigenvalue weighted by Crippen LogP contribution is -2.50. The first kappa shape index (κ1) is 15.4. The molecule has 8 nitrogen and oxygen atoms in total. The van der Waals surface area contributed by atoms with Crippen molar-refractivity contribution in [3.05, 3.63) is 12.7 Å². The molecule has 9 heteroatoms. The second-order valence-electron chi connectivity index (χ2n) is 6.17. The largest absolute Gasteiger partial charge is 0.335 e. The number of likely N-dealkylation sites (tertiary alicyclic amines) is 1. The van der Waals surface area contributed by atoms with Crippen molar-refractivity contribution in [1.82, 2.24) is 24.0 Å². The molecular formula is C13H21N5O3S. The maximum atomic E-state index is 12.1. The average molecular weight is 327 g/mol. The molecule has 0 aliphatic carbocycles. The zero-order valence-electron chi connectivity index (χ0n) is 12.8. The van der Waals surface area contributed by atoms with Crippen LogP contribution >= 0.6 is 0 Å². The Balaban J connectivity index is 1.78. The van der Waals surface area contributed by atoms with E-state index in [0.717, 1.165) is 6.42 Å². The Bertz CT molecular complexity index is 645. The highest BCUT2D eigenvalue weighted by Crippen LogP contribution is 2.36. The van der Waals surface area contributed by atoms with Crippen molar-refractivity contribution in [2.24, 2.45) is 5.92 Å². The van der Waals surface area contributed by atoms with Crippen molar-refractivity contribution in [2.45, 2.75) is 38.4 Å². The Kier molecular flexibility index (Phi) is 3.94. The zero-order chi connectivity index (χ0) is 15.9. The number of piperidine rings is 1. The Morgan fingerprint density at radius 3 is 2.77 bits per heavy atom. The number of carbonyl (C=O) groups excluding carboxylic acids is 1. The summed E-state index contributed by atoms with van der Waals surface area (Å²) in [6.07, 6.45) is 5.87. The number of hydrogen-bond acceptors (Lipinski definition) is 5. The van der Waals surface area contributed by atoms with E-state index in [9.17, 15) is 13.2 Å². The lowest BCUT2D eigenvalue weighted by atomic mass is 9.93. The smallest absolute Gasteiger partial charge is 0.220 e. The fourth-order valence-corrected chi connectivity index (χ4v) is 4.71. The van der Waals surface area contributed by atoms with Gasteiger partial charge in [0, 0.05) is 26.1 Å². The van der Waals surface area contributed by atoms with Crippen LogP contribution < -0.4 is 0 Å². The summed E-state index contributed by atoms with van der Waals surface area (Å²) in [6.45, 7) is 3.17. The molecule has 3 heterocycles. The number of nitrogens with zero attached hydrogens (tertiary/aromatic N) is 5. The Labute approximate surface area is 130 Å². The van der Waals surface area contributed by atoms with Gasteiger partial charge in [0.1, 0.15) is 12.7 Å². The topological polar surface area (TPSA) is 88.4 Å². The Morgan fingerprint density at radius 1 is 1.41 bits per heavy atom. The quantitative estimate of drug-likeness (QED) is 0.750. The van der Waals surface area contributed by atoms with Crippen molar-refractivity contribution < 1.29 is 13.2 Å². The summed E-state index contributed by atoms with van der Waals surface area (Å²) in [5.41, 5.74) is 0. The molecule has 3 rings (SSSR count). The van der Waals surface area contributed by atoms with Crippen LogP contribution in [0.3, 0.4) is 0 Å². The van der Waals surface area contributed by atoms with Crippen LogP contribution in [0.25, 0.3) is 0 Å². The van der Waals surface area contributed by atoms with Gasteiger partial charge in [0.15, 0.2) is 0 Å². The second-order valence-corrected chi connectivity index (χ2v) is 8.15. The molecule has 0 N–H and O–H groups in total. The first-order chi connectivity index (χ1) is 10.4. The van der Waals surface area contributed by atoms with Crippen molar-refractivity contribution in [2.75, 3.05) is 19.3 Å². The molecule has 0 radical (unpaired) electrons. The summed E-state index contributed by atoms with van der Waals surface area (Å²) in [6, 6.07) is 0.178. The number of sulfonamides is 1. The van der Waals surface area contributed by atoms with Crippen LogP contribution in [0, 0.1) is 5.92 Å². The van der Waals surface area contributed by atoms with Gasteiger partial charge in [-0.25, -0.2) is 17.7 Å². The van der Waals surface area contributed by atoms with Gasteiger partial charge in [-0.15, -0.1) is 0 Å². The maximum absolute atomic E-state index is 12.1. The van der Waals surface area contributed by atoms with E-state index in [1.54, 1.807) is 17.9 Å². The third kappa shape index (κ3) is 2.87. The number of amides is 1. The highest BCUT2D eigenvalue weighted by Gasteiger charge is 2.46. The fraction of sp³-hybridized carbons (Fsp3) is 0.769. The summed E-state index contributed by atoms with van der Waals surface area (Å²) < 4.78 is 26.8. The summed E-state index contributed by atoms with van der Waals surface area (Å²) in [5, 5.41) is 4.11. The number of aromatic nitrogens is 3. The predicted molar refractivity (Wildman–Crippen MR) is 79.3 cm³/mol. The van der Waals surface area contributed by atoms with Crippen LogP contribution in [0.15, 0.2) is 12.7 Å². The molecule has 1 amide bonds. The molecular weight excluding hydrogens is 306 g/mol. The highest BCUT2D eigenvalue weighted by atomic mass is 32.2. The minimum absolute atomic E-state index is 0.0467. The number of rotatable bonds is 3. The van der Waals surface area contributed by atoms with Crippen LogP contribution in [0.4, 0.5) is 0 Å². The third-order valence-corrected chi connectivity index (χ3v) is 5.95. The van der Waals surface area contributed by atoms with Gasteiger partial charge < -0.3 is 4.90 Å². The van der Waals surface area contributed by atoms with E-state index in [0.29, 0.717) is 26.1 Å². The molecule has 22 heavy (non-hydrogen) atoms. The van der Waals surface area contributed by atoms with Crippen molar-refractivity contribution >= 4 is 15.9 Å². The van der Waals surface area contributed by atoms with Crippen molar-refractivity contribution in [3.63, 3.8) is 0 Å². The van der Waals surface area contributed by atoms with Crippen LogP contribution in [-0.2, 0) is 21.4 Å². The van der Waals surface area contributed by atoms with Gasteiger partial charge in [-0.3, -0.25) is 9.48 Å². The molecule has 0 spiro atoms. The molecule has 0 saturated carbocycles. The van der Waals surface area contributed by atoms with Crippen LogP contribution in [0.2, 0.25) is 0 Å². The minimum atomic E-state index is -3.17. The van der Waals surface area contributed by atoms with Gasteiger partial charge in [0.05, 0.1) is 18.8 Å². The molecule has 0 bridgehead atoms. The molecule has 2 aliphatic heterocycles. The average Bonchev–Trinajstić information content (AvgIpc) is 3.03. The monoisotopic (exact) mass is 327 g/mol. The van der Waals surface area contributed by atoms with Gasteiger partial charge in [0.25, 0.3) is 0 Å². The van der Waals surface area contributed by atoms with E-state index in [2.05, 4.69) is 10.1 Å². The highest BCUT2D eigenvalue weighted by molar-refractivity contribution is 7.88. The predicted octanol–water partition coefficient (Wildman–Crippen LogP) is -0.451. The van der Waals surface area contributed by atoms with Crippen molar-refractivity contribution in [1.29, 1.82) is 0 Å². The summed E-state index contributed by atoms with van der Waals surface area (Å²) in [5.74, 6) is 0.242. The van der Waals surface area contributed by atoms with E-state index >= 15 is 0 Å². The van der Waals surface area contributed by atoms with Crippen LogP contribution in [-0.4, -0.2) is 69.7 Å². The molecule has 2 fully saturated rings. The SMILES string of the molecule is CC(=O)N1[C@@H](Cn2cncn2)C[C@H]2CN(S(C)(=O)=O)CC[C@H]21. The summed E-state index contributed by atoms with van der Waals surface area (Å²) in [7, 11) is -3.17. The minimum Gasteiger partial charge on any atom is -0.335 e. The Hall–Kier alpha value is -1.48. The summed E-state index contributed by atoms with van der Waals surface area (Å²) in [4.78, 5) is 17.9. The second kappa shape index (κ2) is 5.62. The van der Waals surface area contributed by atoms with Gasteiger partial charge in [-0.05, 0) is 18.8 Å². The molecule has 1 aromatic rings. The van der Waals surface area contributed by atoms with Crippen LogP contribution in [0.5, 0.6) is 0 Å². The van der Waals surface area contributed by atoms with Gasteiger partial charge in [-0.2, -0.15) is 5.10 Å². The fourth-order valence-electron chi connectivity index (χ4n) is 3.82. The third-order valence-electron chi connectivity index (χ3n) is 4.68. The Morgan fingerprint density at radius 2 is 2.18 bits per heavy atom. The molecule has 122 valence electrons. The van der Waals surface area contributed by atoms with Crippen molar-refractivity contribution in [3.8, 4) is 0 Å². The van der Waals surface area contributed by atoms with E-state index < -0.39 is 10.0 Å². The standard InChI is InChI=1S/C13H21N5O3S/c1-10(19)18-12(7-16-9-14-8-15-16)5-11-6-17(22(2,20)21)4-3-13(11)18/h8-9,11-13H,3-7H2,1-2H3/t11-,12+,13+/m0/s1.